The summed E-state index contributed by atoms with van der Waals surface area (Å²) >= 11 is 0. The number of anilines is 1. The van der Waals surface area contributed by atoms with Crippen molar-refractivity contribution in [1.29, 1.82) is 0 Å². The predicted octanol–water partition coefficient (Wildman–Crippen LogP) is 4.34. The van der Waals surface area contributed by atoms with Gasteiger partial charge in [-0.05, 0) is 77.0 Å². The van der Waals surface area contributed by atoms with E-state index in [1.807, 2.05) is 26.8 Å². The fourth-order valence-corrected chi connectivity index (χ4v) is 6.00. The van der Waals surface area contributed by atoms with Crippen LogP contribution in [-0.2, 0) is 35.1 Å². The van der Waals surface area contributed by atoms with Crippen LogP contribution in [0.15, 0.2) is 42.0 Å². The van der Waals surface area contributed by atoms with E-state index in [0.29, 0.717) is 37.1 Å². The minimum absolute atomic E-state index is 0.0650. The quantitative estimate of drug-likeness (QED) is 0.0385. The molecule has 0 bridgehead atoms. The van der Waals surface area contributed by atoms with E-state index in [1.54, 1.807) is 26.1 Å². The second-order valence-electron chi connectivity index (χ2n) is 12.9. The summed E-state index contributed by atoms with van der Waals surface area (Å²) in [6, 6.07) is 3.87. The fourth-order valence-electron chi connectivity index (χ4n) is 4.51. The number of aliphatic hydroxyl groups is 1. The molecular weight excluding hydrogens is 664 g/mol. The molecule has 1 saturated carbocycles. The summed E-state index contributed by atoms with van der Waals surface area (Å²) in [6.45, 7) is 8.94. The molecule has 14 heteroatoms. The molecule has 5 N–H and O–H groups in total. The Balaban J connectivity index is 0.000000366. The van der Waals surface area contributed by atoms with Crippen LogP contribution in [0, 0.1) is 17.7 Å². The van der Waals surface area contributed by atoms with Crippen molar-refractivity contribution in [2.45, 2.75) is 91.3 Å². The highest BCUT2D eigenvalue weighted by molar-refractivity contribution is 7.50. The molecule has 3 rings (SSSR count). The van der Waals surface area contributed by atoms with Gasteiger partial charge in [-0.1, -0.05) is 38.0 Å². The molecule has 1 aromatic rings. The topological polar surface area (TPSA) is 166 Å². The van der Waals surface area contributed by atoms with Crippen LogP contribution >= 0.6 is 8.30 Å². The van der Waals surface area contributed by atoms with Gasteiger partial charge in [-0.3, -0.25) is 29.2 Å². The van der Waals surface area contributed by atoms with E-state index < -0.39 is 20.2 Å². The van der Waals surface area contributed by atoms with Crippen LogP contribution in [-0.4, -0.2) is 84.9 Å². The fraction of sp³-hybridized carbons (Fsp3) is 0.583. The lowest BCUT2D eigenvalue weighted by molar-refractivity contribution is -0.137. The molecular formula is C36H55FN5O7P. The van der Waals surface area contributed by atoms with Gasteiger partial charge in [0.1, 0.15) is 20.4 Å². The number of carbonyl (C=O) groups excluding carboxylic acids is 5. The van der Waals surface area contributed by atoms with Gasteiger partial charge in [0.15, 0.2) is 0 Å². The first-order chi connectivity index (χ1) is 23.9. The molecule has 1 aliphatic heterocycles. The molecule has 0 aromatic heterocycles. The van der Waals surface area contributed by atoms with Crippen LogP contribution in [0.1, 0.15) is 78.2 Å². The average molecular weight is 720 g/mol. The normalized spacial score (nSPS) is 16.2. The molecule has 0 saturated heterocycles. The van der Waals surface area contributed by atoms with Gasteiger partial charge in [-0.2, -0.15) is 0 Å². The highest BCUT2D eigenvalue weighted by Gasteiger charge is 2.24. The van der Waals surface area contributed by atoms with Crippen molar-refractivity contribution in [2.24, 2.45) is 11.8 Å². The van der Waals surface area contributed by atoms with Gasteiger partial charge in [0.05, 0.1) is 25.3 Å². The first-order valence-corrected chi connectivity index (χ1v) is 18.8. The van der Waals surface area contributed by atoms with Crippen LogP contribution in [0.5, 0.6) is 0 Å². The third kappa shape index (κ3) is 16.6. The van der Waals surface area contributed by atoms with Crippen molar-refractivity contribution in [3.05, 3.63) is 53.4 Å². The summed E-state index contributed by atoms with van der Waals surface area (Å²) in [4.78, 5) is 58.1. The molecule has 1 aliphatic carbocycles. The summed E-state index contributed by atoms with van der Waals surface area (Å²) in [5.41, 5.74) is 1.84. The Bertz CT molecular complexity index is 1320. The molecule has 3 unspecified atom stereocenters. The molecule has 1 fully saturated rings. The lowest BCUT2D eigenvalue weighted by Gasteiger charge is -2.19. The van der Waals surface area contributed by atoms with Gasteiger partial charge in [0.2, 0.25) is 11.8 Å². The Labute approximate surface area is 296 Å². The number of hydrogen-bond donors (Lipinski definition) is 5. The van der Waals surface area contributed by atoms with E-state index in [1.165, 1.54) is 36.0 Å². The first kappa shape index (κ1) is 42.8. The number of imide groups is 1. The number of aldehydes is 1. The highest BCUT2D eigenvalue weighted by atomic mass is 31.2. The van der Waals surface area contributed by atoms with Crippen molar-refractivity contribution in [3.63, 3.8) is 0 Å². The van der Waals surface area contributed by atoms with E-state index >= 15 is 0 Å². The molecule has 0 radical (unpaired) electrons. The Morgan fingerprint density at radius 3 is 2.40 bits per heavy atom. The second kappa shape index (κ2) is 23.2. The van der Waals surface area contributed by atoms with Gasteiger partial charge < -0.3 is 30.4 Å². The van der Waals surface area contributed by atoms with Crippen LogP contribution in [0.25, 0.3) is 0 Å². The number of unbranched alkanes of at least 4 members (excludes halogenated alkanes) is 2. The third-order valence-electron chi connectivity index (χ3n) is 8.23. The monoisotopic (exact) mass is 719 g/mol. The predicted molar refractivity (Wildman–Crippen MR) is 193 cm³/mol. The number of carbonyl (C=O) groups is 5. The van der Waals surface area contributed by atoms with Gasteiger partial charge in [-0.25, -0.2) is 4.39 Å². The average Bonchev–Trinajstić information content (AvgIpc) is 3.87. The summed E-state index contributed by atoms with van der Waals surface area (Å²) in [5, 5.41) is 20.8. The Morgan fingerprint density at radius 1 is 1.12 bits per heavy atom. The number of aliphatic hydroxyl groups excluding tert-OH is 1. The molecule has 1 aromatic carbocycles. The van der Waals surface area contributed by atoms with Gasteiger partial charge in [0, 0.05) is 49.1 Å². The standard InChI is InChI=1S/C21H33FN3O3P.C15H22N2O4/c1-15(13-26)5-4-10-29(24-12-17-6-7-17)28-14-18-8-9-19(11-20(18)22)25-21(27)16(2)23-3;1-11(2)12(10-18)16-13(19)6-4-3-5-9-17-14(20)7-8-15(17)21/h5,8-9,11,16-17,23-24,26H,4,6-7,10,12-14H2,1-3H3,(H,25,27);7-8,10-12H,3-6,9H2,1-2H3,(H,16,19)/b15-5+;. The maximum Gasteiger partial charge on any atom is 0.253 e. The number of nitrogens with one attached hydrogen (secondary N) is 4. The molecule has 12 nitrogen and oxygen atoms in total. The summed E-state index contributed by atoms with van der Waals surface area (Å²) in [5.74, 6) is -0.491. The second-order valence-corrected chi connectivity index (χ2v) is 14.7. The molecule has 278 valence electrons. The number of rotatable bonds is 22. The smallest absolute Gasteiger partial charge is 0.253 e. The molecule has 4 amide bonds. The minimum Gasteiger partial charge on any atom is -0.392 e. The summed E-state index contributed by atoms with van der Waals surface area (Å²) in [7, 11) is 0.818. The number of halogens is 1. The number of likely N-dealkylation sites (N-methyl/N-ethyl adjacent to an activating group) is 1. The maximum absolute atomic E-state index is 14.5. The van der Waals surface area contributed by atoms with E-state index in [4.69, 9.17) is 9.63 Å². The molecule has 50 heavy (non-hydrogen) atoms. The number of hydrogen-bond acceptors (Lipinski definition) is 9. The molecule has 3 atom stereocenters. The van der Waals surface area contributed by atoms with Crippen LogP contribution in [0.4, 0.5) is 10.1 Å². The van der Waals surface area contributed by atoms with Crippen molar-refractivity contribution < 1.29 is 38.0 Å². The number of amides is 4. The Hall–Kier alpha value is -3.35. The zero-order chi connectivity index (χ0) is 37.1. The van der Waals surface area contributed by atoms with Crippen molar-refractivity contribution in [2.75, 3.05) is 38.2 Å². The van der Waals surface area contributed by atoms with Gasteiger partial charge >= 0.3 is 0 Å². The number of benzene rings is 1. The summed E-state index contributed by atoms with van der Waals surface area (Å²) in [6.07, 6.45) is 11.9. The first-order valence-electron chi connectivity index (χ1n) is 17.3. The molecule has 1 heterocycles. The van der Waals surface area contributed by atoms with E-state index in [2.05, 4.69) is 21.0 Å². The SMILES string of the molecule is CC(C)C(C=O)NC(=O)CCCCCN1C(=O)C=CC1=O.CNC(C)C(=O)Nc1ccc(COP(CC/C=C(\C)CO)NCC2CC2)c(F)c1. The van der Waals surface area contributed by atoms with Crippen molar-refractivity contribution in [1.82, 2.24) is 20.6 Å². The highest BCUT2D eigenvalue weighted by Crippen LogP contribution is 2.37. The lowest BCUT2D eigenvalue weighted by atomic mass is 10.1. The zero-order valence-corrected chi connectivity index (χ0v) is 30.9. The molecule has 2 aliphatic rings. The Morgan fingerprint density at radius 2 is 1.82 bits per heavy atom. The maximum atomic E-state index is 14.5. The van der Waals surface area contributed by atoms with E-state index in [9.17, 15) is 28.4 Å². The van der Waals surface area contributed by atoms with Gasteiger partial charge in [0.25, 0.3) is 11.8 Å². The Kier molecular flexibility index (Phi) is 19.9. The van der Waals surface area contributed by atoms with E-state index in [0.717, 1.165) is 43.3 Å². The zero-order valence-electron chi connectivity index (χ0n) is 30.0. The minimum atomic E-state index is -0.878. The summed E-state index contributed by atoms with van der Waals surface area (Å²) < 4.78 is 20.5. The van der Waals surface area contributed by atoms with E-state index in [-0.39, 0.29) is 48.8 Å². The van der Waals surface area contributed by atoms with Crippen molar-refractivity contribution in [3.8, 4) is 0 Å². The lowest BCUT2D eigenvalue weighted by Crippen LogP contribution is -2.39. The van der Waals surface area contributed by atoms with Gasteiger partial charge in [-0.15, -0.1) is 0 Å². The van der Waals surface area contributed by atoms with Crippen LogP contribution in [0.2, 0.25) is 0 Å². The molecule has 0 spiro atoms. The van der Waals surface area contributed by atoms with Crippen LogP contribution in [0.3, 0.4) is 0 Å². The van der Waals surface area contributed by atoms with Crippen LogP contribution < -0.4 is 21.0 Å². The third-order valence-corrected chi connectivity index (χ3v) is 9.87. The number of nitrogens with zero attached hydrogens (tertiary/aromatic N) is 1. The largest absolute Gasteiger partial charge is 0.392 e. The number of allylic oxidation sites excluding steroid dienone is 1. The van der Waals surface area contributed by atoms with Crippen molar-refractivity contribution >= 4 is 43.9 Å².